The summed E-state index contributed by atoms with van der Waals surface area (Å²) in [4.78, 5) is 0. The minimum absolute atomic E-state index is 0.00731. The summed E-state index contributed by atoms with van der Waals surface area (Å²) in [7, 11) is 0. The second-order valence-corrected chi connectivity index (χ2v) is 3.98. The quantitative estimate of drug-likeness (QED) is 0.390. The van der Waals surface area contributed by atoms with Crippen LogP contribution in [-0.2, 0) is 14.2 Å². The summed E-state index contributed by atoms with van der Waals surface area (Å²) in [5.74, 6) is 0. The molecular formula is C9H16O7. The molecule has 0 spiro atoms. The summed E-state index contributed by atoms with van der Waals surface area (Å²) < 4.78 is 15.0. The molecule has 0 radical (unpaired) electrons. The van der Waals surface area contributed by atoms with Crippen LogP contribution in [0.5, 0.6) is 0 Å². The van der Waals surface area contributed by atoms with Crippen molar-refractivity contribution in [2.24, 2.45) is 0 Å². The fraction of sp³-hybridized carbons (Fsp3) is 1.00. The molecule has 0 aliphatic carbocycles. The number of hydrogen-bond acceptors (Lipinski definition) is 7. The molecule has 2 saturated heterocycles. The number of aliphatic hydroxyl groups is 4. The molecule has 2 aliphatic heterocycles. The molecule has 0 aromatic carbocycles. The minimum Gasteiger partial charge on any atom is -0.394 e. The summed E-state index contributed by atoms with van der Waals surface area (Å²) in [5.41, 5.74) is 0. The van der Waals surface area contributed by atoms with Crippen LogP contribution in [-0.4, -0.2) is 77.1 Å². The van der Waals surface area contributed by atoms with Gasteiger partial charge in [-0.15, -0.1) is 0 Å². The second kappa shape index (κ2) is 4.92. The van der Waals surface area contributed by atoms with E-state index < -0.39 is 37.3 Å². The van der Waals surface area contributed by atoms with Crippen molar-refractivity contribution in [3.05, 3.63) is 0 Å². The second-order valence-electron chi connectivity index (χ2n) is 3.98. The average Bonchev–Trinajstić information content (AvgIpc) is 3.07. The van der Waals surface area contributed by atoms with Gasteiger partial charge in [0, 0.05) is 0 Å². The number of epoxide rings is 1. The van der Waals surface area contributed by atoms with Crippen molar-refractivity contribution in [1.82, 2.24) is 0 Å². The Morgan fingerprint density at radius 2 is 1.88 bits per heavy atom. The number of hydrogen-bond donors (Lipinski definition) is 4. The third-order valence-corrected chi connectivity index (χ3v) is 2.72. The van der Waals surface area contributed by atoms with E-state index in [0.717, 1.165) is 0 Å². The molecule has 0 bridgehead atoms. The van der Waals surface area contributed by atoms with E-state index in [0.29, 0.717) is 6.61 Å². The molecule has 1 unspecified atom stereocenters. The Labute approximate surface area is 92.2 Å². The van der Waals surface area contributed by atoms with Crippen molar-refractivity contribution in [2.75, 3.05) is 19.8 Å². The first kappa shape index (κ1) is 12.2. The predicted octanol–water partition coefficient (Wildman–Crippen LogP) is -2.80. The first-order valence-corrected chi connectivity index (χ1v) is 5.17. The molecule has 7 nitrogen and oxygen atoms in total. The Balaban J connectivity index is 1.90. The Morgan fingerprint density at radius 3 is 2.44 bits per heavy atom. The zero-order valence-electron chi connectivity index (χ0n) is 8.60. The van der Waals surface area contributed by atoms with E-state index in [1.165, 1.54) is 0 Å². The van der Waals surface area contributed by atoms with E-state index in [1.807, 2.05) is 0 Å². The van der Waals surface area contributed by atoms with Crippen LogP contribution < -0.4 is 0 Å². The Kier molecular flexibility index (Phi) is 3.75. The third kappa shape index (κ3) is 2.51. The summed E-state index contributed by atoms with van der Waals surface area (Å²) in [6, 6.07) is 0. The van der Waals surface area contributed by atoms with Gasteiger partial charge in [0.25, 0.3) is 0 Å². The highest BCUT2D eigenvalue weighted by atomic mass is 16.7. The predicted molar refractivity (Wildman–Crippen MR) is 49.5 cm³/mol. The molecule has 4 N–H and O–H groups in total. The van der Waals surface area contributed by atoms with Crippen molar-refractivity contribution >= 4 is 0 Å². The largest absolute Gasteiger partial charge is 0.394 e. The monoisotopic (exact) mass is 236 g/mol. The van der Waals surface area contributed by atoms with Gasteiger partial charge in [-0.1, -0.05) is 0 Å². The van der Waals surface area contributed by atoms with Gasteiger partial charge in [-0.3, -0.25) is 0 Å². The fourth-order valence-electron chi connectivity index (χ4n) is 1.63. The summed E-state index contributed by atoms with van der Waals surface area (Å²) in [5, 5.41) is 37.6. The van der Waals surface area contributed by atoms with Crippen molar-refractivity contribution in [1.29, 1.82) is 0 Å². The molecule has 7 heteroatoms. The smallest absolute Gasteiger partial charge is 0.184 e. The van der Waals surface area contributed by atoms with E-state index >= 15 is 0 Å². The highest BCUT2D eigenvalue weighted by Gasteiger charge is 2.44. The van der Waals surface area contributed by atoms with Gasteiger partial charge in [0.05, 0.1) is 19.8 Å². The average molecular weight is 236 g/mol. The molecule has 0 saturated carbocycles. The van der Waals surface area contributed by atoms with Gasteiger partial charge in [-0.25, -0.2) is 0 Å². The number of ether oxygens (including phenoxy) is 3. The van der Waals surface area contributed by atoms with Gasteiger partial charge in [0.2, 0.25) is 0 Å². The van der Waals surface area contributed by atoms with Crippen LogP contribution in [0.2, 0.25) is 0 Å². The topological polar surface area (TPSA) is 112 Å². The van der Waals surface area contributed by atoms with E-state index in [4.69, 9.17) is 19.3 Å². The molecule has 0 aromatic rings. The van der Waals surface area contributed by atoms with Crippen LogP contribution in [0.15, 0.2) is 0 Å². The Bertz CT molecular complexity index is 232. The molecule has 16 heavy (non-hydrogen) atoms. The zero-order chi connectivity index (χ0) is 11.7. The van der Waals surface area contributed by atoms with E-state index in [1.54, 1.807) is 0 Å². The standard InChI is InChI=1S/C9H16O7/c10-1-5-6(11)7(12)8(9(13)16-5)15-3-4-2-14-4/h4-13H,1-3H2/t4?,5-,6-,7+,8-,9+/m1/s1. The highest BCUT2D eigenvalue weighted by Crippen LogP contribution is 2.23. The third-order valence-electron chi connectivity index (χ3n) is 2.72. The van der Waals surface area contributed by atoms with Gasteiger partial charge in [0.15, 0.2) is 6.29 Å². The van der Waals surface area contributed by atoms with Crippen molar-refractivity contribution in [2.45, 2.75) is 36.8 Å². The lowest BCUT2D eigenvalue weighted by Crippen LogP contribution is -2.59. The Hall–Kier alpha value is -0.280. The molecule has 2 heterocycles. The van der Waals surface area contributed by atoms with Crippen LogP contribution >= 0.6 is 0 Å². The lowest BCUT2D eigenvalue weighted by Gasteiger charge is -2.39. The molecule has 2 fully saturated rings. The van der Waals surface area contributed by atoms with Crippen LogP contribution in [0, 0.1) is 0 Å². The molecule has 2 aliphatic rings. The molecule has 2 rings (SSSR count). The maximum absolute atomic E-state index is 9.68. The van der Waals surface area contributed by atoms with Crippen LogP contribution in [0.25, 0.3) is 0 Å². The van der Waals surface area contributed by atoms with Gasteiger partial charge < -0.3 is 34.6 Å². The minimum atomic E-state index is -1.37. The van der Waals surface area contributed by atoms with Crippen LogP contribution in [0.4, 0.5) is 0 Å². The maximum Gasteiger partial charge on any atom is 0.184 e. The van der Waals surface area contributed by atoms with E-state index in [9.17, 15) is 15.3 Å². The first-order chi connectivity index (χ1) is 7.63. The number of aliphatic hydroxyl groups excluding tert-OH is 4. The van der Waals surface area contributed by atoms with E-state index in [-0.39, 0.29) is 12.7 Å². The lowest BCUT2D eigenvalue weighted by molar-refractivity contribution is -0.296. The normalized spacial score (nSPS) is 48.0. The summed E-state index contributed by atoms with van der Waals surface area (Å²) in [6.45, 7) is 0.355. The lowest BCUT2D eigenvalue weighted by atomic mass is 9.99. The van der Waals surface area contributed by atoms with Crippen LogP contribution in [0.1, 0.15) is 0 Å². The SMILES string of the molecule is OC[C@H]1O[C@H](O)[C@H](OCC2CO2)[C@@H](O)[C@@H]1O. The number of rotatable bonds is 4. The molecule has 0 aromatic heterocycles. The fourth-order valence-corrected chi connectivity index (χ4v) is 1.63. The van der Waals surface area contributed by atoms with E-state index in [2.05, 4.69) is 0 Å². The zero-order valence-corrected chi connectivity index (χ0v) is 8.60. The summed E-state index contributed by atoms with van der Waals surface area (Å²) >= 11 is 0. The van der Waals surface area contributed by atoms with Crippen molar-refractivity contribution < 1.29 is 34.6 Å². The maximum atomic E-state index is 9.68. The van der Waals surface area contributed by atoms with Gasteiger partial charge in [0.1, 0.15) is 30.5 Å². The molecule has 94 valence electrons. The summed E-state index contributed by atoms with van der Waals surface area (Å²) in [6.07, 6.45) is -5.97. The molecular weight excluding hydrogens is 220 g/mol. The van der Waals surface area contributed by atoms with Crippen LogP contribution in [0.3, 0.4) is 0 Å². The molecule has 0 amide bonds. The van der Waals surface area contributed by atoms with Crippen molar-refractivity contribution in [3.8, 4) is 0 Å². The molecule has 6 atom stereocenters. The highest BCUT2D eigenvalue weighted by molar-refractivity contribution is 4.89. The van der Waals surface area contributed by atoms with Gasteiger partial charge >= 0.3 is 0 Å². The van der Waals surface area contributed by atoms with Gasteiger partial charge in [-0.05, 0) is 0 Å². The first-order valence-electron chi connectivity index (χ1n) is 5.17. The van der Waals surface area contributed by atoms with Gasteiger partial charge in [-0.2, -0.15) is 0 Å². The van der Waals surface area contributed by atoms with Crippen molar-refractivity contribution in [3.63, 3.8) is 0 Å². The Morgan fingerprint density at radius 1 is 1.19 bits per heavy atom.